The van der Waals surface area contributed by atoms with Crippen molar-refractivity contribution in [2.24, 2.45) is 0 Å². The first-order chi connectivity index (χ1) is 9.24. The topological polar surface area (TPSA) is 35.0 Å². The Morgan fingerprint density at radius 2 is 1.89 bits per heavy atom. The molecule has 0 atom stereocenters. The van der Waals surface area contributed by atoms with Gasteiger partial charge in [0.2, 0.25) is 0 Å². The van der Waals surface area contributed by atoms with E-state index in [1.54, 1.807) is 6.20 Å². The second-order valence-electron chi connectivity index (χ2n) is 4.24. The van der Waals surface area contributed by atoms with Crippen LogP contribution in [0.4, 0.5) is 0 Å². The maximum Gasteiger partial charge on any atom is 0.157 e. The number of aryl methyl sites for hydroxylation is 1. The molecule has 3 nitrogen and oxygen atoms in total. The van der Waals surface area contributed by atoms with Crippen LogP contribution in [0.5, 0.6) is 11.5 Å². The van der Waals surface area contributed by atoms with Crippen molar-refractivity contribution in [1.82, 2.24) is 10.2 Å². The Hall–Kier alpha value is -1.94. The highest BCUT2D eigenvalue weighted by molar-refractivity contribution is 9.10. The van der Waals surface area contributed by atoms with Gasteiger partial charge >= 0.3 is 0 Å². The van der Waals surface area contributed by atoms with E-state index in [1.807, 2.05) is 49.4 Å². The fraction of sp³-hybridized carbons (Fsp3) is 0.0667. The molecule has 0 aliphatic rings. The van der Waals surface area contributed by atoms with E-state index < -0.39 is 0 Å². The van der Waals surface area contributed by atoms with Gasteiger partial charge in [-0.05, 0) is 36.8 Å². The molecule has 0 amide bonds. The van der Waals surface area contributed by atoms with Crippen LogP contribution in [0, 0.1) is 6.92 Å². The molecule has 0 unspecified atom stereocenters. The third kappa shape index (κ3) is 2.44. The van der Waals surface area contributed by atoms with Crippen LogP contribution in [-0.4, -0.2) is 10.2 Å². The van der Waals surface area contributed by atoms with E-state index in [4.69, 9.17) is 4.74 Å². The van der Waals surface area contributed by atoms with Crippen molar-refractivity contribution in [3.8, 4) is 11.5 Å². The summed E-state index contributed by atoms with van der Waals surface area (Å²) in [6.45, 7) is 2.01. The zero-order chi connectivity index (χ0) is 13.2. The zero-order valence-electron chi connectivity index (χ0n) is 10.3. The van der Waals surface area contributed by atoms with E-state index in [-0.39, 0.29) is 0 Å². The summed E-state index contributed by atoms with van der Waals surface area (Å²) in [4.78, 5) is 0. The van der Waals surface area contributed by atoms with Crippen molar-refractivity contribution < 1.29 is 4.74 Å². The van der Waals surface area contributed by atoms with Crippen LogP contribution in [-0.2, 0) is 0 Å². The van der Waals surface area contributed by atoms with Gasteiger partial charge < -0.3 is 4.74 Å². The number of ether oxygens (including phenoxy) is 1. The summed E-state index contributed by atoms with van der Waals surface area (Å²) in [6.07, 6.45) is 1.64. The van der Waals surface area contributed by atoms with Crippen molar-refractivity contribution in [3.63, 3.8) is 0 Å². The fourth-order valence-electron chi connectivity index (χ4n) is 1.87. The predicted molar refractivity (Wildman–Crippen MR) is 78.5 cm³/mol. The highest BCUT2D eigenvalue weighted by Crippen LogP contribution is 2.31. The summed E-state index contributed by atoms with van der Waals surface area (Å²) in [5, 5.41) is 9.01. The fourth-order valence-corrected chi connectivity index (χ4v) is 2.21. The maximum absolute atomic E-state index is 5.97. The average molecular weight is 315 g/mol. The lowest BCUT2D eigenvalue weighted by Crippen LogP contribution is -1.92. The number of hydrogen-bond donors (Lipinski definition) is 0. The maximum atomic E-state index is 5.97. The smallest absolute Gasteiger partial charge is 0.157 e. The van der Waals surface area contributed by atoms with Crippen molar-refractivity contribution in [2.45, 2.75) is 6.92 Å². The second kappa shape index (κ2) is 4.97. The van der Waals surface area contributed by atoms with Crippen LogP contribution in [0.15, 0.2) is 53.1 Å². The standard InChI is InChI=1S/C15H11BrN2O/c1-10-6-7-11(16)8-14(10)19-15-9-17-18-13-5-3-2-4-12(13)15/h2-9H,1H3. The molecule has 0 saturated heterocycles. The molecule has 0 radical (unpaired) electrons. The number of halogens is 1. The summed E-state index contributed by atoms with van der Waals surface area (Å²) >= 11 is 3.45. The monoisotopic (exact) mass is 314 g/mol. The molecular weight excluding hydrogens is 304 g/mol. The van der Waals surface area contributed by atoms with Gasteiger partial charge in [-0.25, -0.2) is 0 Å². The summed E-state index contributed by atoms with van der Waals surface area (Å²) < 4.78 is 6.96. The molecule has 0 bridgehead atoms. The molecule has 0 aliphatic carbocycles. The lowest BCUT2D eigenvalue weighted by Gasteiger charge is -2.10. The molecule has 0 fully saturated rings. The molecule has 19 heavy (non-hydrogen) atoms. The SMILES string of the molecule is Cc1ccc(Br)cc1Oc1cnnc2ccccc12. The van der Waals surface area contributed by atoms with Crippen molar-refractivity contribution in [2.75, 3.05) is 0 Å². The average Bonchev–Trinajstić information content (AvgIpc) is 2.43. The molecule has 4 heteroatoms. The van der Waals surface area contributed by atoms with Gasteiger partial charge in [0.1, 0.15) is 5.75 Å². The molecule has 1 aromatic heterocycles. The van der Waals surface area contributed by atoms with E-state index in [1.165, 1.54) is 0 Å². The molecule has 0 aliphatic heterocycles. The highest BCUT2D eigenvalue weighted by atomic mass is 79.9. The highest BCUT2D eigenvalue weighted by Gasteiger charge is 2.07. The van der Waals surface area contributed by atoms with Gasteiger partial charge in [-0.2, -0.15) is 10.2 Å². The molecule has 0 N–H and O–H groups in total. The summed E-state index contributed by atoms with van der Waals surface area (Å²) in [7, 11) is 0. The molecule has 1 heterocycles. The first-order valence-electron chi connectivity index (χ1n) is 5.88. The van der Waals surface area contributed by atoms with Crippen LogP contribution < -0.4 is 4.74 Å². The van der Waals surface area contributed by atoms with E-state index in [0.717, 1.165) is 26.7 Å². The van der Waals surface area contributed by atoms with E-state index in [0.29, 0.717) is 5.75 Å². The van der Waals surface area contributed by atoms with Crippen molar-refractivity contribution in [3.05, 3.63) is 58.7 Å². The summed E-state index contributed by atoms with van der Waals surface area (Å²) in [6, 6.07) is 13.7. The zero-order valence-corrected chi connectivity index (χ0v) is 11.9. The number of hydrogen-bond acceptors (Lipinski definition) is 3. The van der Waals surface area contributed by atoms with Gasteiger partial charge in [0.15, 0.2) is 5.75 Å². The van der Waals surface area contributed by atoms with Crippen molar-refractivity contribution in [1.29, 1.82) is 0 Å². The van der Waals surface area contributed by atoms with Gasteiger partial charge in [-0.1, -0.05) is 34.1 Å². The molecule has 94 valence electrons. The van der Waals surface area contributed by atoms with Crippen LogP contribution in [0.1, 0.15) is 5.56 Å². The first kappa shape index (κ1) is 12.1. The Morgan fingerprint density at radius 3 is 2.79 bits per heavy atom. The third-order valence-corrected chi connectivity index (χ3v) is 3.37. The Morgan fingerprint density at radius 1 is 1.05 bits per heavy atom. The second-order valence-corrected chi connectivity index (χ2v) is 5.15. The molecule has 0 spiro atoms. The largest absolute Gasteiger partial charge is 0.455 e. The van der Waals surface area contributed by atoms with Crippen LogP contribution in [0.2, 0.25) is 0 Å². The molecule has 2 aromatic carbocycles. The van der Waals surface area contributed by atoms with E-state index in [2.05, 4.69) is 26.1 Å². The Balaban J connectivity index is 2.08. The van der Waals surface area contributed by atoms with Gasteiger partial charge in [0.05, 0.1) is 11.7 Å². The van der Waals surface area contributed by atoms with Gasteiger partial charge in [0, 0.05) is 9.86 Å². The number of fused-ring (bicyclic) bond motifs is 1. The Bertz CT molecular complexity index is 738. The van der Waals surface area contributed by atoms with Crippen LogP contribution >= 0.6 is 15.9 Å². The Kier molecular flexibility index (Phi) is 3.17. The minimum atomic E-state index is 0.715. The van der Waals surface area contributed by atoms with Crippen molar-refractivity contribution >= 4 is 26.8 Å². The van der Waals surface area contributed by atoms with E-state index in [9.17, 15) is 0 Å². The minimum Gasteiger partial charge on any atom is -0.455 e. The number of nitrogens with zero attached hydrogens (tertiary/aromatic N) is 2. The lowest BCUT2D eigenvalue weighted by molar-refractivity contribution is 0.481. The number of rotatable bonds is 2. The summed E-state index contributed by atoms with van der Waals surface area (Å²) in [5.74, 6) is 1.53. The van der Waals surface area contributed by atoms with Crippen LogP contribution in [0.3, 0.4) is 0 Å². The van der Waals surface area contributed by atoms with E-state index >= 15 is 0 Å². The molecule has 0 saturated carbocycles. The Labute approximate surface area is 119 Å². The third-order valence-electron chi connectivity index (χ3n) is 2.88. The number of aromatic nitrogens is 2. The van der Waals surface area contributed by atoms with Gasteiger partial charge in [-0.15, -0.1) is 0 Å². The first-order valence-corrected chi connectivity index (χ1v) is 6.68. The minimum absolute atomic E-state index is 0.715. The quantitative estimate of drug-likeness (QED) is 0.699. The normalized spacial score (nSPS) is 10.6. The lowest BCUT2D eigenvalue weighted by atomic mass is 10.2. The van der Waals surface area contributed by atoms with Gasteiger partial charge in [-0.3, -0.25) is 0 Å². The summed E-state index contributed by atoms with van der Waals surface area (Å²) in [5.41, 5.74) is 1.90. The molecule has 3 rings (SSSR count). The molecular formula is C15H11BrN2O. The van der Waals surface area contributed by atoms with Gasteiger partial charge in [0.25, 0.3) is 0 Å². The number of benzene rings is 2. The van der Waals surface area contributed by atoms with Crippen LogP contribution in [0.25, 0.3) is 10.9 Å². The predicted octanol–water partition coefficient (Wildman–Crippen LogP) is 4.49. The molecule has 3 aromatic rings.